The number of hydrogen-bond acceptors (Lipinski definition) is 2. The van der Waals surface area contributed by atoms with Gasteiger partial charge in [0.05, 0.1) is 11.8 Å². The molecule has 0 fully saturated rings. The topological polar surface area (TPSA) is 36.7 Å². The minimum Gasteiger partial charge on any atom is -0.257 e. The SMILES string of the molecule is CCC=CC(C)(C(C)C)C1CC=C(C#N)C=C1c1cc(C)ccn1. The fourth-order valence-electron chi connectivity index (χ4n) is 3.39. The summed E-state index contributed by atoms with van der Waals surface area (Å²) >= 11 is 0. The van der Waals surface area contributed by atoms with Gasteiger partial charge in [-0.25, -0.2) is 0 Å². The zero-order chi connectivity index (χ0) is 17.7. The maximum Gasteiger partial charge on any atom is 0.0988 e. The molecule has 1 aromatic heterocycles. The molecule has 1 heterocycles. The van der Waals surface area contributed by atoms with Gasteiger partial charge in [0.2, 0.25) is 0 Å². The fraction of sp³-hybridized carbons (Fsp3) is 0.455. The predicted molar refractivity (Wildman–Crippen MR) is 101 cm³/mol. The summed E-state index contributed by atoms with van der Waals surface area (Å²) in [5.41, 5.74) is 4.16. The summed E-state index contributed by atoms with van der Waals surface area (Å²) in [4.78, 5) is 4.61. The summed E-state index contributed by atoms with van der Waals surface area (Å²) in [6, 6.07) is 6.45. The van der Waals surface area contributed by atoms with Crippen LogP contribution in [0.15, 0.2) is 48.2 Å². The summed E-state index contributed by atoms with van der Waals surface area (Å²) in [5, 5.41) is 9.35. The van der Waals surface area contributed by atoms with Crippen LogP contribution in [0.5, 0.6) is 0 Å². The minimum absolute atomic E-state index is 0.0325. The summed E-state index contributed by atoms with van der Waals surface area (Å²) in [7, 11) is 0. The molecule has 126 valence electrons. The third-order valence-corrected chi connectivity index (χ3v) is 5.31. The molecule has 2 heteroatoms. The van der Waals surface area contributed by atoms with Crippen molar-refractivity contribution in [3.63, 3.8) is 0 Å². The van der Waals surface area contributed by atoms with Crippen molar-refractivity contribution in [1.82, 2.24) is 4.98 Å². The maximum atomic E-state index is 9.35. The first-order chi connectivity index (χ1) is 11.4. The van der Waals surface area contributed by atoms with E-state index in [1.807, 2.05) is 18.3 Å². The fourth-order valence-corrected chi connectivity index (χ4v) is 3.39. The average molecular weight is 320 g/mol. The van der Waals surface area contributed by atoms with Crippen LogP contribution >= 0.6 is 0 Å². The lowest BCUT2D eigenvalue weighted by Gasteiger charge is -2.41. The Balaban J connectivity index is 2.56. The van der Waals surface area contributed by atoms with E-state index in [4.69, 9.17) is 0 Å². The van der Waals surface area contributed by atoms with Crippen LogP contribution < -0.4 is 0 Å². The zero-order valence-corrected chi connectivity index (χ0v) is 15.5. The van der Waals surface area contributed by atoms with Crippen molar-refractivity contribution < 1.29 is 0 Å². The maximum absolute atomic E-state index is 9.35. The monoisotopic (exact) mass is 320 g/mol. The van der Waals surface area contributed by atoms with E-state index in [2.05, 4.69) is 70.0 Å². The molecule has 1 aromatic rings. The first-order valence-electron chi connectivity index (χ1n) is 8.85. The molecule has 24 heavy (non-hydrogen) atoms. The van der Waals surface area contributed by atoms with Gasteiger partial charge >= 0.3 is 0 Å². The highest BCUT2D eigenvalue weighted by molar-refractivity contribution is 5.72. The lowest BCUT2D eigenvalue weighted by atomic mass is 9.63. The lowest BCUT2D eigenvalue weighted by Crippen LogP contribution is -2.33. The molecule has 2 rings (SSSR count). The van der Waals surface area contributed by atoms with Gasteiger partial charge in [0.1, 0.15) is 0 Å². The van der Waals surface area contributed by atoms with Gasteiger partial charge in [0, 0.05) is 11.8 Å². The number of pyridine rings is 1. The van der Waals surface area contributed by atoms with Gasteiger partial charge in [-0.05, 0) is 66.4 Å². The Hall–Kier alpha value is -2.14. The van der Waals surface area contributed by atoms with Crippen molar-refractivity contribution in [1.29, 1.82) is 5.26 Å². The molecule has 2 atom stereocenters. The number of aryl methyl sites for hydroxylation is 1. The van der Waals surface area contributed by atoms with Crippen LogP contribution in [0.1, 0.15) is 51.8 Å². The molecule has 0 bridgehead atoms. The third kappa shape index (κ3) is 3.67. The first-order valence-corrected chi connectivity index (χ1v) is 8.85. The molecule has 0 aromatic carbocycles. The van der Waals surface area contributed by atoms with Crippen molar-refractivity contribution in [2.75, 3.05) is 0 Å². The van der Waals surface area contributed by atoms with Gasteiger partial charge in [-0.2, -0.15) is 5.26 Å². The van der Waals surface area contributed by atoms with E-state index in [0.717, 1.165) is 24.1 Å². The van der Waals surface area contributed by atoms with Gasteiger partial charge < -0.3 is 0 Å². The van der Waals surface area contributed by atoms with Crippen LogP contribution in [0.25, 0.3) is 5.57 Å². The molecular weight excluding hydrogens is 292 g/mol. The van der Waals surface area contributed by atoms with E-state index in [9.17, 15) is 5.26 Å². The van der Waals surface area contributed by atoms with Crippen LogP contribution in [0.2, 0.25) is 0 Å². The van der Waals surface area contributed by atoms with Crippen molar-refractivity contribution in [2.45, 2.75) is 47.5 Å². The summed E-state index contributed by atoms with van der Waals surface area (Å²) in [6.45, 7) is 11.2. The predicted octanol–water partition coefficient (Wildman–Crippen LogP) is 5.87. The zero-order valence-electron chi connectivity index (χ0n) is 15.5. The lowest BCUT2D eigenvalue weighted by molar-refractivity contribution is 0.221. The Morgan fingerprint density at radius 1 is 1.46 bits per heavy atom. The van der Waals surface area contributed by atoms with Gasteiger partial charge in [0.25, 0.3) is 0 Å². The third-order valence-electron chi connectivity index (χ3n) is 5.31. The first kappa shape index (κ1) is 18.2. The Kier molecular flexibility index (Phi) is 5.78. The van der Waals surface area contributed by atoms with Crippen LogP contribution in [0, 0.1) is 35.5 Å². The highest BCUT2D eigenvalue weighted by Gasteiger charge is 2.38. The molecule has 1 aliphatic rings. The quantitative estimate of drug-likeness (QED) is 0.636. The molecule has 0 amide bonds. The number of nitriles is 1. The Bertz CT molecular complexity index is 716. The van der Waals surface area contributed by atoms with Crippen molar-refractivity contribution in [3.05, 3.63) is 59.5 Å². The van der Waals surface area contributed by atoms with Crippen LogP contribution in [-0.4, -0.2) is 4.98 Å². The van der Waals surface area contributed by atoms with E-state index >= 15 is 0 Å². The highest BCUT2D eigenvalue weighted by atomic mass is 14.7. The number of hydrogen-bond donors (Lipinski definition) is 0. The standard InChI is InChI=1S/C22H28N2/c1-6-7-11-22(5,16(2)3)20-9-8-18(15-23)14-19(20)21-13-17(4)10-12-24-21/h7-8,10-14,16,20H,6,9H2,1-5H3. The molecule has 2 unspecified atom stereocenters. The molecule has 0 spiro atoms. The smallest absolute Gasteiger partial charge is 0.0988 e. The normalized spacial score (nSPS) is 20.5. The van der Waals surface area contributed by atoms with E-state index in [1.54, 1.807) is 0 Å². The van der Waals surface area contributed by atoms with Gasteiger partial charge in [-0.3, -0.25) is 4.98 Å². The van der Waals surface area contributed by atoms with E-state index in [0.29, 0.717) is 11.8 Å². The number of allylic oxidation sites excluding steroid dienone is 6. The Labute approximate surface area is 146 Å². The van der Waals surface area contributed by atoms with Crippen LogP contribution in [0.4, 0.5) is 0 Å². The van der Waals surface area contributed by atoms with Crippen LogP contribution in [-0.2, 0) is 0 Å². The van der Waals surface area contributed by atoms with Crippen molar-refractivity contribution >= 4 is 5.57 Å². The molecule has 0 radical (unpaired) electrons. The Morgan fingerprint density at radius 2 is 2.21 bits per heavy atom. The van der Waals surface area contributed by atoms with E-state index in [1.165, 1.54) is 11.1 Å². The van der Waals surface area contributed by atoms with Crippen molar-refractivity contribution in [2.24, 2.45) is 17.3 Å². The van der Waals surface area contributed by atoms with Crippen molar-refractivity contribution in [3.8, 4) is 6.07 Å². The second kappa shape index (κ2) is 7.62. The molecule has 0 aliphatic heterocycles. The second-order valence-corrected chi connectivity index (χ2v) is 7.21. The van der Waals surface area contributed by atoms with E-state index < -0.39 is 0 Å². The van der Waals surface area contributed by atoms with E-state index in [-0.39, 0.29) is 5.41 Å². The van der Waals surface area contributed by atoms with Gasteiger partial charge in [-0.15, -0.1) is 0 Å². The summed E-state index contributed by atoms with van der Waals surface area (Å²) < 4.78 is 0. The average Bonchev–Trinajstić information content (AvgIpc) is 2.59. The van der Waals surface area contributed by atoms with Gasteiger partial charge in [-0.1, -0.05) is 45.9 Å². The molecular formula is C22H28N2. The number of rotatable bonds is 5. The molecule has 0 saturated heterocycles. The number of aromatic nitrogens is 1. The minimum atomic E-state index is 0.0325. The van der Waals surface area contributed by atoms with Gasteiger partial charge in [0.15, 0.2) is 0 Å². The molecule has 0 N–H and O–H groups in total. The largest absolute Gasteiger partial charge is 0.257 e. The van der Waals surface area contributed by atoms with Crippen LogP contribution in [0.3, 0.4) is 0 Å². The molecule has 1 aliphatic carbocycles. The molecule has 2 nitrogen and oxygen atoms in total. The Morgan fingerprint density at radius 3 is 2.79 bits per heavy atom. The second-order valence-electron chi connectivity index (χ2n) is 7.21. The highest BCUT2D eigenvalue weighted by Crippen LogP contribution is 2.48. The number of nitrogens with zero attached hydrogens (tertiary/aromatic N) is 2. The molecule has 0 saturated carbocycles. The summed E-state index contributed by atoms with van der Waals surface area (Å²) in [6.07, 6.45) is 12.5. The summed E-state index contributed by atoms with van der Waals surface area (Å²) in [5.74, 6) is 0.822.